The van der Waals surface area contributed by atoms with E-state index in [2.05, 4.69) is 0 Å². The smallest absolute Gasteiger partial charge is 0.345 e. The van der Waals surface area contributed by atoms with Gasteiger partial charge in [-0.05, 0) is 70.8 Å². The molecule has 1 heterocycles. The standard InChI is InChI=1S/C36H30O16/c37-20-6-1-16(11-24(20)41)13-27(34(45)46)50-29(44)10-5-18-3-9-23(40)33-30(18)31(32(52-33)19-4-8-22(39)26(43)15-19)36(49)51-28(35(47)48)14-17-2-7-21(38)25(42)12-17/h1-12,15,27-28,31-32,37-43H,13-14H2,(H,45,46)(H,47,48)/b10-5+/t27-,28-,31-,32-/m1/s1. The van der Waals surface area contributed by atoms with Gasteiger partial charge in [-0.1, -0.05) is 24.3 Å². The summed E-state index contributed by atoms with van der Waals surface area (Å²) in [5.74, 6) is -10.8. The van der Waals surface area contributed by atoms with E-state index in [1.807, 2.05) is 0 Å². The second kappa shape index (κ2) is 14.8. The van der Waals surface area contributed by atoms with Crippen molar-refractivity contribution in [3.63, 3.8) is 0 Å². The van der Waals surface area contributed by atoms with E-state index in [0.717, 1.165) is 54.6 Å². The van der Waals surface area contributed by atoms with Gasteiger partial charge in [0, 0.05) is 24.5 Å². The summed E-state index contributed by atoms with van der Waals surface area (Å²) in [7, 11) is 0. The quantitative estimate of drug-likeness (QED) is 0.0577. The first-order valence-electron chi connectivity index (χ1n) is 15.2. The number of benzene rings is 4. The van der Waals surface area contributed by atoms with Crippen LogP contribution >= 0.6 is 0 Å². The molecule has 0 saturated carbocycles. The summed E-state index contributed by atoms with van der Waals surface area (Å²) < 4.78 is 16.5. The SMILES string of the molecule is O=C(/C=C/c1ccc(O)c2c1[C@@H](C(=O)O[C@H](Cc1ccc(O)c(O)c1)C(=O)O)[C@@H](c1ccc(O)c(O)c1)O2)O[C@H](Cc1ccc(O)c(O)c1)C(=O)O. The lowest BCUT2D eigenvalue weighted by molar-refractivity contribution is -0.166. The molecule has 9 N–H and O–H groups in total. The Morgan fingerprint density at radius 1 is 0.635 bits per heavy atom. The summed E-state index contributed by atoms with van der Waals surface area (Å²) >= 11 is 0. The van der Waals surface area contributed by atoms with Crippen LogP contribution in [0.2, 0.25) is 0 Å². The maximum Gasteiger partial charge on any atom is 0.345 e. The number of carbonyl (C=O) groups excluding carboxylic acids is 2. The number of aromatic hydroxyl groups is 7. The zero-order valence-electron chi connectivity index (χ0n) is 26.6. The first kappa shape index (κ1) is 36.2. The number of rotatable bonds is 12. The van der Waals surface area contributed by atoms with Crippen molar-refractivity contribution in [3.8, 4) is 46.0 Å². The molecule has 0 spiro atoms. The topological polar surface area (TPSA) is 278 Å². The number of phenolic OH excluding ortho intramolecular Hbond substituents is 7. The molecule has 0 fully saturated rings. The van der Waals surface area contributed by atoms with Crippen LogP contribution in [-0.4, -0.2) is 82.0 Å². The molecule has 16 heteroatoms. The molecule has 0 bridgehead atoms. The third kappa shape index (κ3) is 7.86. The van der Waals surface area contributed by atoms with E-state index >= 15 is 0 Å². The van der Waals surface area contributed by atoms with Crippen molar-refractivity contribution in [3.05, 3.63) is 101 Å². The molecule has 1 aliphatic rings. The summed E-state index contributed by atoms with van der Waals surface area (Å²) in [4.78, 5) is 50.9. The van der Waals surface area contributed by atoms with Crippen LogP contribution in [0.5, 0.6) is 46.0 Å². The molecule has 0 amide bonds. The van der Waals surface area contributed by atoms with E-state index in [1.54, 1.807) is 0 Å². The third-order valence-corrected chi connectivity index (χ3v) is 8.04. The summed E-state index contributed by atoms with van der Waals surface area (Å²) in [5.41, 5.74) is 0.445. The molecule has 270 valence electrons. The normalized spacial score (nSPS) is 16.0. The predicted molar refractivity (Wildman–Crippen MR) is 175 cm³/mol. The molecule has 5 rings (SSSR count). The van der Waals surface area contributed by atoms with Crippen LogP contribution in [0, 0.1) is 0 Å². The van der Waals surface area contributed by atoms with E-state index in [4.69, 9.17) is 14.2 Å². The Morgan fingerprint density at radius 2 is 1.13 bits per heavy atom. The monoisotopic (exact) mass is 718 g/mol. The largest absolute Gasteiger partial charge is 0.504 e. The lowest BCUT2D eigenvalue weighted by atomic mass is 9.87. The lowest BCUT2D eigenvalue weighted by Gasteiger charge is -2.22. The van der Waals surface area contributed by atoms with Crippen molar-refractivity contribution in [1.29, 1.82) is 0 Å². The number of carboxylic acid groups (broad SMARTS) is 2. The fourth-order valence-electron chi connectivity index (χ4n) is 5.49. The minimum Gasteiger partial charge on any atom is -0.504 e. The van der Waals surface area contributed by atoms with E-state index in [1.165, 1.54) is 24.3 Å². The molecule has 4 atom stereocenters. The van der Waals surface area contributed by atoms with Gasteiger partial charge in [0.25, 0.3) is 0 Å². The summed E-state index contributed by atoms with van der Waals surface area (Å²) in [6.07, 6.45) is -3.85. The van der Waals surface area contributed by atoms with Gasteiger partial charge in [-0.2, -0.15) is 0 Å². The second-order valence-electron chi connectivity index (χ2n) is 11.6. The van der Waals surface area contributed by atoms with Crippen LogP contribution in [0.3, 0.4) is 0 Å². The second-order valence-corrected chi connectivity index (χ2v) is 11.6. The summed E-state index contributed by atoms with van der Waals surface area (Å²) in [5, 5.41) is 89.1. The Kier molecular flexibility index (Phi) is 10.3. The van der Waals surface area contributed by atoms with Crippen LogP contribution in [-0.2, 0) is 41.5 Å². The van der Waals surface area contributed by atoms with E-state index in [-0.39, 0.29) is 40.0 Å². The first-order chi connectivity index (χ1) is 24.6. The molecule has 1 aliphatic heterocycles. The fourth-order valence-corrected chi connectivity index (χ4v) is 5.49. The van der Waals surface area contributed by atoms with Crippen molar-refractivity contribution in [2.45, 2.75) is 37.1 Å². The number of carboxylic acids is 2. The zero-order valence-corrected chi connectivity index (χ0v) is 26.6. The first-order valence-corrected chi connectivity index (χ1v) is 15.2. The van der Waals surface area contributed by atoms with Crippen molar-refractivity contribution in [2.75, 3.05) is 0 Å². The number of fused-ring (bicyclic) bond motifs is 1. The van der Waals surface area contributed by atoms with Gasteiger partial charge in [0.05, 0.1) is 0 Å². The van der Waals surface area contributed by atoms with Gasteiger partial charge in [0.2, 0.25) is 12.2 Å². The molecule has 0 saturated heterocycles. The molecule has 4 aromatic rings. The van der Waals surface area contributed by atoms with Gasteiger partial charge in [-0.3, -0.25) is 4.79 Å². The average Bonchev–Trinajstić information content (AvgIpc) is 3.50. The minimum atomic E-state index is -1.84. The molecular formula is C36H30O16. The number of esters is 2. The number of ether oxygens (including phenoxy) is 3. The third-order valence-electron chi connectivity index (χ3n) is 8.04. The highest BCUT2D eigenvalue weighted by Crippen LogP contribution is 2.53. The lowest BCUT2D eigenvalue weighted by Crippen LogP contribution is -2.33. The summed E-state index contributed by atoms with van der Waals surface area (Å²) in [6, 6.07) is 13.0. The number of aliphatic carboxylic acids is 2. The molecule has 0 unspecified atom stereocenters. The maximum absolute atomic E-state index is 13.9. The Labute approximate surface area is 292 Å². The zero-order chi connectivity index (χ0) is 37.9. The van der Waals surface area contributed by atoms with Crippen LogP contribution in [0.15, 0.2) is 72.8 Å². The highest BCUT2D eigenvalue weighted by Gasteiger charge is 2.46. The average molecular weight is 719 g/mol. The summed E-state index contributed by atoms with van der Waals surface area (Å²) in [6.45, 7) is 0. The molecule has 16 nitrogen and oxygen atoms in total. The molecule has 0 aromatic heterocycles. The van der Waals surface area contributed by atoms with E-state index in [9.17, 15) is 65.1 Å². The van der Waals surface area contributed by atoms with Crippen molar-refractivity contribution in [1.82, 2.24) is 0 Å². The number of phenols is 7. The van der Waals surface area contributed by atoms with E-state index in [0.29, 0.717) is 0 Å². The maximum atomic E-state index is 13.9. The van der Waals surface area contributed by atoms with Crippen molar-refractivity contribution < 1.29 is 79.3 Å². The van der Waals surface area contributed by atoms with Crippen LogP contribution in [0.25, 0.3) is 6.08 Å². The van der Waals surface area contributed by atoms with Crippen LogP contribution in [0.1, 0.15) is 39.8 Å². The Morgan fingerprint density at radius 3 is 1.65 bits per heavy atom. The fraction of sp³-hybridized carbons (Fsp3) is 0.167. The molecule has 52 heavy (non-hydrogen) atoms. The Hall–Kier alpha value is -7.10. The molecule has 4 aromatic carbocycles. The van der Waals surface area contributed by atoms with Gasteiger partial charge in [-0.15, -0.1) is 0 Å². The van der Waals surface area contributed by atoms with Gasteiger partial charge in [0.1, 0.15) is 12.0 Å². The molecular weight excluding hydrogens is 688 g/mol. The number of hydrogen-bond donors (Lipinski definition) is 9. The van der Waals surface area contributed by atoms with Crippen LogP contribution in [0.4, 0.5) is 0 Å². The Bertz CT molecular complexity index is 2090. The number of hydrogen-bond acceptors (Lipinski definition) is 14. The predicted octanol–water partition coefficient (Wildman–Crippen LogP) is 3.33. The highest BCUT2D eigenvalue weighted by molar-refractivity contribution is 5.92. The minimum absolute atomic E-state index is 0.0443. The van der Waals surface area contributed by atoms with E-state index < -0.39 is 94.8 Å². The van der Waals surface area contributed by atoms with Crippen molar-refractivity contribution in [2.24, 2.45) is 0 Å². The molecule has 0 radical (unpaired) electrons. The van der Waals surface area contributed by atoms with Crippen molar-refractivity contribution >= 4 is 30.0 Å². The van der Waals surface area contributed by atoms with Crippen LogP contribution < -0.4 is 4.74 Å². The highest BCUT2D eigenvalue weighted by atomic mass is 16.6. The number of carbonyl (C=O) groups is 4. The van der Waals surface area contributed by atoms with Gasteiger partial charge >= 0.3 is 23.9 Å². The molecule has 0 aliphatic carbocycles. The van der Waals surface area contributed by atoms with Gasteiger partial charge < -0.3 is 60.2 Å². The van der Waals surface area contributed by atoms with Gasteiger partial charge in [0.15, 0.2) is 46.0 Å². The van der Waals surface area contributed by atoms with Gasteiger partial charge in [-0.25, -0.2) is 14.4 Å². The Balaban J connectivity index is 1.47.